The van der Waals surface area contributed by atoms with Crippen LogP contribution >= 0.6 is 70.8 Å². The number of hydrogen-bond donors (Lipinski definition) is 4. The molecule has 2 aromatic heterocycles. The third kappa shape index (κ3) is 7.49. The molecular weight excluding hydrogens is 806 g/mol. The number of fused-ring (bicyclic) bond motifs is 2. The third-order valence-corrected chi connectivity index (χ3v) is 10.7. The lowest BCUT2D eigenvalue weighted by Gasteiger charge is -2.18. The van der Waals surface area contributed by atoms with Crippen LogP contribution < -0.4 is 10.6 Å². The van der Waals surface area contributed by atoms with Crippen molar-refractivity contribution in [3.8, 4) is 11.8 Å². The molecule has 7 rings (SSSR count). The second-order valence-corrected chi connectivity index (χ2v) is 14.0. The van der Waals surface area contributed by atoms with E-state index in [1.165, 1.54) is 0 Å². The number of nitrogens with one attached hydrogen (secondary N) is 2. The molecule has 0 atom stereocenters. The first-order valence-corrected chi connectivity index (χ1v) is 18.4. The van der Waals surface area contributed by atoms with E-state index >= 15 is 0 Å². The minimum atomic E-state index is -0.199. The van der Waals surface area contributed by atoms with Crippen molar-refractivity contribution in [2.75, 3.05) is 10.6 Å². The van der Waals surface area contributed by atoms with Gasteiger partial charge in [-0.3, -0.25) is 0 Å². The number of halogens is 4. The summed E-state index contributed by atoms with van der Waals surface area (Å²) < 4.78 is 3.16. The van der Waals surface area contributed by atoms with Crippen molar-refractivity contribution in [3.63, 3.8) is 0 Å². The summed E-state index contributed by atoms with van der Waals surface area (Å²) in [6.45, 7) is -0.0454. The highest BCUT2D eigenvalue weighted by Gasteiger charge is 2.26. The summed E-state index contributed by atoms with van der Waals surface area (Å²) in [6, 6.07) is 33.1. The molecule has 0 aliphatic carbocycles. The van der Waals surface area contributed by atoms with E-state index in [2.05, 4.69) is 31.1 Å². The van der Waals surface area contributed by atoms with Gasteiger partial charge in [0.25, 0.3) is 0 Å². The van der Waals surface area contributed by atoms with Crippen LogP contribution in [0.1, 0.15) is 11.1 Å². The van der Waals surface area contributed by atoms with E-state index in [-0.39, 0.29) is 66.5 Å². The fourth-order valence-corrected chi connectivity index (χ4v) is 7.40. The van der Waals surface area contributed by atoms with Crippen molar-refractivity contribution in [1.29, 1.82) is 0 Å². The number of benzene rings is 5. The first kappa shape index (κ1) is 37.2. The van der Waals surface area contributed by atoms with Crippen molar-refractivity contribution in [2.24, 2.45) is 20.5 Å². The largest absolute Gasteiger partial charge is 0.493 e. The standard InChI is InChI=1S/C38H26Cl4N8O2S2/c39-29-25(19-49-27-17-9-7-15-23(27)33(35(49)51)45-47-37(53)43-21-11-3-1-4-12-21)30(40)32(42)26(31(29)41)20-50-28-18-10-8-16-24(28)34(36(50)52)46-48-38(54)44-22-13-5-2-6-14-22/h1-18,51-52H,19-20H2,(H,43,53)(H,44,54). The van der Waals surface area contributed by atoms with Crippen LogP contribution in [-0.2, 0) is 13.1 Å². The van der Waals surface area contributed by atoms with Crippen LogP contribution in [0.15, 0.2) is 130 Å². The van der Waals surface area contributed by atoms with Crippen molar-refractivity contribution >= 4 is 126 Å². The molecule has 0 unspecified atom stereocenters. The lowest BCUT2D eigenvalue weighted by atomic mass is 10.1. The van der Waals surface area contributed by atoms with Crippen LogP contribution in [0, 0.1) is 0 Å². The second-order valence-electron chi connectivity index (χ2n) is 11.8. The van der Waals surface area contributed by atoms with Crippen molar-refractivity contribution in [1.82, 2.24) is 9.13 Å². The van der Waals surface area contributed by atoms with Gasteiger partial charge in [-0.15, -0.1) is 20.5 Å². The van der Waals surface area contributed by atoms with Gasteiger partial charge in [-0.25, -0.2) is 0 Å². The predicted octanol–water partition coefficient (Wildman–Crippen LogP) is 12.7. The maximum absolute atomic E-state index is 11.5. The lowest BCUT2D eigenvalue weighted by Crippen LogP contribution is -2.06. The molecule has 0 radical (unpaired) electrons. The van der Waals surface area contributed by atoms with Gasteiger partial charge < -0.3 is 30.0 Å². The summed E-state index contributed by atoms with van der Waals surface area (Å²) in [5.74, 6) is -0.399. The monoisotopic (exact) mass is 830 g/mol. The highest BCUT2D eigenvalue weighted by Crippen LogP contribution is 2.46. The molecule has 10 nitrogen and oxygen atoms in total. The molecule has 7 aromatic rings. The lowest BCUT2D eigenvalue weighted by molar-refractivity contribution is 0.428. The zero-order chi connectivity index (χ0) is 37.9. The van der Waals surface area contributed by atoms with Gasteiger partial charge >= 0.3 is 0 Å². The molecule has 2 heterocycles. The molecule has 0 spiro atoms. The molecule has 54 heavy (non-hydrogen) atoms. The highest BCUT2D eigenvalue weighted by molar-refractivity contribution is 7.80. The average Bonchev–Trinajstić information content (AvgIpc) is 3.61. The Labute approximate surface area is 339 Å². The van der Waals surface area contributed by atoms with Gasteiger partial charge in [0.15, 0.2) is 11.4 Å². The number of anilines is 2. The van der Waals surface area contributed by atoms with Crippen LogP contribution in [0.4, 0.5) is 22.7 Å². The zero-order valence-corrected chi connectivity index (χ0v) is 32.4. The number of hydrogen-bond acceptors (Lipinski definition) is 6. The van der Waals surface area contributed by atoms with Gasteiger partial charge in [0.2, 0.25) is 22.0 Å². The van der Waals surface area contributed by atoms with Crippen molar-refractivity contribution in [2.45, 2.75) is 13.1 Å². The molecule has 0 amide bonds. The molecule has 0 aliphatic heterocycles. The zero-order valence-electron chi connectivity index (χ0n) is 27.7. The molecule has 0 bridgehead atoms. The number of azo groups is 2. The highest BCUT2D eigenvalue weighted by atomic mass is 35.5. The first-order chi connectivity index (χ1) is 26.1. The van der Waals surface area contributed by atoms with Crippen LogP contribution in [-0.4, -0.2) is 29.6 Å². The Kier molecular flexibility index (Phi) is 11.1. The van der Waals surface area contributed by atoms with Crippen LogP contribution in [0.25, 0.3) is 21.8 Å². The molecule has 16 heteroatoms. The first-order valence-electron chi connectivity index (χ1n) is 16.1. The molecular formula is C38H26Cl4N8O2S2. The van der Waals surface area contributed by atoms with E-state index in [1.807, 2.05) is 97.1 Å². The number of aromatic hydroxyl groups is 2. The molecule has 5 aromatic carbocycles. The quantitative estimate of drug-likeness (QED) is 0.0687. The molecule has 4 N–H and O–H groups in total. The summed E-state index contributed by atoms with van der Waals surface area (Å²) in [5.41, 5.74) is 3.85. The summed E-state index contributed by atoms with van der Waals surface area (Å²) in [5, 5.41) is 47.7. The summed E-state index contributed by atoms with van der Waals surface area (Å²) in [4.78, 5) is 0. The van der Waals surface area contributed by atoms with Crippen LogP contribution in [0.5, 0.6) is 11.8 Å². The van der Waals surface area contributed by atoms with Crippen LogP contribution in [0.2, 0.25) is 20.1 Å². The molecule has 0 saturated heterocycles. The van der Waals surface area contributed by atoms with Gasteiger partial charge in [0.1, 0.15) is 0 Å². The van der Waals surface area contributed by atoms with E-state index in [1.54, 1.807) is 21.3 Å². The molecule has 0 saturated carbocycles. The number of aromatic nitrogens is 2. The number of thiocarbonyl (C=S) groups is 2. The number of para-hydroxylation sites is 4. The summed E-state index contributed by atoms with van der Waals surface area (Å²) >= 11 is 38.4. The summed E-state index contributed by atoms with van der Waals surface area (Å²) in [6.07, 6.45) is 0. The Balaban J connectivity index is 1.20. The van der Waals surface area contributed by atoms with E-state index in [9.17, 15) is 10.2 Å². The smallest absolute Gasteiger partial charge is 0.221 e. The van der Waals surface area contributed by atoms with E-state index < -0.39 is 0 Å². The van der Waals surface area contributed by atoms with Crippen LogP contribution in [0.3, 0.4) is 0 Å². The van der Waals surface area contributed by atoms with Gasteiger partial charge in [-0.05, 0) is 60.8 Å². The Bertz CT molecular complexity index is 2420. The summed E-state index contributed by atoms with van der Waals surface area (Å²) in [7, 11) is 0. The third-order valence-electron chi connectivity index (χ3n) is 8.44. The van der Waals surface area contributed by atoms with E-state index in [0.717, 1.165) is 11.4 Å². The Morgan fingerprint density at radius 3 is 1.22 bits per heavy atom. The normalized spacial score (nSPS) is 11.6. The minimum absolute atomic E-state index is 0.0227. The van der Waals surface area contributed by atoms with Gasteiger partial charge in [0.05, 0.1) is 44.2 Å². The van der Waals surface area contributed by atoms with E-state index in [4.69, 9.17) is 70.8 Å². The number of rotatable bonds is 8. The molecule has 270 valence electrons. The Morgan fingerprint density at radius 1 is 0.519 bits per heavy atom. The fraction of sp³-hybridized carbons (Fsp3) is 0.0526. The minimum Gasteiger partial charge on any atom is -0.493 e. The Hall–Kier alpha value is -5.08. The van der Waals surface area contributed by atoms with Gasteiger partial charge in [0, 0.05) is 33.3 Å². The SMILES string of the molecule is Oc1c(N=NC(=S)Nc2ccccc2)c2ccccc2n1Cc1c(Cl)c(Cl)c(Cn2c(O)c(N=NC(=S)Nc3ccccc3)c3ccccc32)c(Cl)c1Cl. The average molecular weight is 833 g/mol. The second kappa shape index (κ2) is 16.1. The molecule has 0 aliphatic rings. The number of nitrogens with zero attached hydrogens (tertiary/aromatic N) is 6. The maximum Gasteiger partial charge on any atom is 0.221 e. The van der Waals surface area contributed by atoms with Crippen molar-refractivity contribution < 1.29 is 10.2 Å². The van der Waals surface area contributed by atoms with E-state index in [0.29, 0.717) is 32.9 Å². The van der Waals surface area contributed by atoms with Gasteiger partial charge in [-0.2, -0.15) is 0 Å². The maximum atomic E-state index is 11.5. The van der Waals surface area contributed by atoms with Gasteiger partial charge in [-0.1, -0.05) is 119 Å². The molecule has 0 fully saturated rings. The van der Waals surface area contributed by atoms with Crippen molar-refractivity contribution in [3.05, 3.63) is 140 Å². The fourth-order valence-electron chi connectivity index (χ4n) is 5.91. The topological polar surface area (TPSA) is 124 Å². The Morgan fingerprint density at radius 2 is 0.852 bits per heavy atom. The predicted molar refractivity (Wildman–Crippen MR) is 226 cm³/mol.